The molecule has 0 aliphatic carbocycles. The standard InChI is InChI=1S/C25H22N4O8/c1-3-37-21-19(23(32)29(27-21)17-10-6-15(7-11-17)25(35)36)12-18-20(13(2)30)26-28(22(18)31)16-8-4-14(5-9-16)24(33)34/h4-13,27,30H,3H2,1-2H3,(H,33,34)(H,35,36). The van der Waals surface area contributed by atoms with Crippen LogP contribution in [0.25, 0.3) is 11.8 Å². The molecule has 2 aromatic carbocycles. The number of carbonyl (C=O) groups excluding carboxylic acids is 1. The van der Waals surface area contributed by atoms with Crippen molar-refractivity contribution in [2.24, 2.45) is 5.10 Å². The van der Waals surface area contributed by atoms with E-state index in [1.54, 1.807) is 6.92 Å². The number of aromatic amines is 1. The first kappa shape index (κ1) is 25.1. The zero-order valence-electron chi connectivity index (χ0n) is 19.7. The minimum Gasteiger partial charge on any atom is -0.478 e. The molecule has 1 aliphatic heterocycles. The molecule has 0 saturated carbocycles. The molecule has 37 heavy (non-hydrogen) atoms. The highest BCUT2D eigenvalue weighted by Crippen LogP contribution is 2.28. The topological polar surface area (TPSA) is 175 Å². The minimum absolute atomic E-state index is 0.00715. The average molecular weight is 506 g/mol. The summed E-state index contributed by atoms with van der Waals surface area (Å²) in [5, 5.41) is 36.6. The van der Waals surface area contributed by atoms with Crippen LogP contribution in [0.15, 0.2) is 64.0 Å². The molecule has 1 atom stereocenters. The van der Waals surface area contributed by atoms with E-state index in [-0.39, 0.29) is 46.1 Å². The number of hydrazone groups is 1. The van der Waals surface area contributed by atoms with E-state index in [1.165, 1.54) is 61.5 Å². The molecule has 3 aromatic rings. The van der Waals surface area contributed by atoms with Crippen LogP contribution in [0.5, 0.6) is 5.88 Å². The Hall–Kier alpha value is -4.97. The number of carboxylic acid groups (broad SMARTS) is 2. The summed E-state index contributed by atoms with van der Waals surface area (Å²) in [6, 6.07) is 11.0. The van der Waals surface area contributed by atoms with Gasteiger partial charge in [-0.1, -0.05) is 0 Å². The Bertz CT molecular complexity index is 1490. The summed E-state index contributed by atoms with van der Waals surface area (Å²) in [7, 11) is 0. The van der Waals surface area contributed by atoms with E-state index >= 15 is 0 Å². The summed E-state index contributed by atoms with van der Waals surface area (Å²) < 4.78 is 6.72. The fraction of sp³-hybridized carbons (Fsp3) is 0.160. The Morgan fingerprint density at radius 3 is 2.03 bits per heavy atom. The van der Waals surface area contributed by atoms with Crippen LogP contribution in [0.4, 0.5) is 5.69 Å². The molecule has 0 bridgehead atoms. The highest BCUT2D eigenvalue weighted by molar-refractivity contribution is 6.33. The van der Waals surface area contributed by atoms with E-state index in [2.05, 4.69) is 10.2 Å². The van der Waals surface area contributed by atoms with Crippen molar-refractivity contribution in [3.8, 4) is 11.6 Å². The maximum absolute atomic E-state index is 13.3. The Labute approximate surface area is 209 Å². The number of aromatic carboxylic acids is 2. The van der Waals surface area contributed by atoms with Crippen molar-refractivity contribution in [3.63, 3.8) is 0 Å². The van der Waals surface area contributed by atoms with Crippen molar-refractivity contribution in [2.45, 2.75) is 20.0 Å². The lowest BCUT2D eigenvalue weighted by atomic mass is 10.0. The largest absolute Gasteiger partial charge is 0.478 e. The van der Waals surface area contributed by atoms with Crippen molar-refractivity contribution in [2.75, 3.05) is 11.6 Å². The quantitative estimate of drug-likeness (QED) is 0.336. The fourth-order valence-electron chi connectivity index (χ4n) is 3.69. The van der Waals surface area contributed by atoms with Crippen LogP contribution in [0, 0.1) is 0 Å². The summed E-state index contributed by atoms with van der Waals surface area (Å²) in [4.78, 5) is 48.9. The highest BCUT2D eigenvalue weighted by atomic mass is 16.5. The zero-order valence-corrected chi connectivity index (χ0v) is 19.7. The molecule has 0 saturated heterocycles. The van der Waals surface area contributed by atoms with Gasteiger partial charge in [-0.25, -0.2) is 14.3 Å². The number of ether oxygens (including phenoxy) is 1. The molecule has 2 heterocycles. The minimum atomic E-state index is -1.17. The molecule has 0 spiro atoms. The highest BCUT2D eigenvalue weighted by Gasteiger charge is 2.34. The lowest BCUT2D eigenvalue weighted by Crippen LogP contribution is -2.23. The number of aliphatic hydroxyl groups is 1. The molecule has 190 valence electrons. The zero-order chi connectivity index (χ0) is 26.9. The lowest BCUT2D eigenvalue weighted by Gasteiger charge is -2.11. The number of nitrogens with one attached hydrogen (secondary N) is 1. The monoisotopic (exact) mass is 506 g/mol. The Kier molecular flexibility index (Phi) is 6.76. The first-order valence-electron chi connectivity index (χ1n) is 11.1. The molecule has 1 aliphatic rings. The predicted molar refractivity (Wildman–Crippen MR) is 132 cm³/mol. The number of carboxylic acids is 2. The van der Waals surface area contributed by atoms with Crippen LogP contribution < -0.4 is 15.3 Å². The number of aromatic nitrogens is 2. The number of H-pyrrole nitrogens is 1. The van der Waals surface area contributed by atoms with Gasteiger partial charge in [-0.15, -0.1) is 0 Å². The maximum atomic E-state index is 13.3. The number of carbonyl (C=O) groups is 3. The van der Waals surface area contributed by atoms with Crippen LogP contribution in [-0.2, 0) is 4.79 Å². The number of nitrogens with zero attached hydrogens (tertiary/aromatic N) is 3. The van der Waals surface area contributed by atoms with Gasteiger partial charge in [-0.3, -0.25) is 14.7 Å². The second-order valence-electron chi connectivity index (χ2n) is 7.97. The summed E-state index contributed by atoms with van der Waals surface area (Å²) in [6.45, 7) is 3.32. The summed E-state index contributed by atoms with van der Waals surface area (Å²) in [5.74, 6) is -2.82. The number of amides is 1. The smallest absolute Gasteiger partial charge is 0.335 e. The van der Waals surface area contributed by atoms with Gasteiger partial charge in [-0.2, -0.15) is 10.1 Å². The van der Waals surface area contributed by atoms with Crippen LogP contribution in [0.2, 0.25) is 0 Å². The van der Waals surface area contributed by atoms with Gasteiger partial charge in [0, 0.05) is 0 Å². The Morgan fingerprint density at radius 2 is 1.54 bits per heavy atom. The molecule has 1 unspecified atom stereocenters. The van der Waals surface area contributed by atoms with Gasteiger partial charge in [0.25, 0.3) is 11.5 Å². The molecule has 4 N–H and O–H groups in total. The molecule has 12 heteroatoms. The normalized spacial score (nSPS) is 15.1. The van der Waals surface area contributed by atoms with E-state index in [4.69, 9.17) is 14.9 Å². The van der Waals surface area contributed by atoms with Crippen molar-refractivity contribution in [1.82, 2.24) is 9.78 Å². The van der Waals surface area contributed by atoms with E-state index < -0.39 is 29.5 Å². The average Bonchev–Trinajstić information content (AvgIpc) is 3.36. The number of hydrogen-bond acceptors (Lipinski definition) is 7. The van der Waals surface area contributed by atoms with Gasteiger partial charge in [0.1, 0.15) is 11.3 Å². The van der Waals surface area contributed by atoms with E-state index in [1.807, 2.05) is 0 Å². The number of rotatable bonds is 8. The maximum Gasteiger partial charge on any atom is 0.335 e. The van der Waals surface area contributed by atoms with E-state index in [0.717, 1.165) is 9.69 Å². The molecule has 12 nitrogen and oxygen atoms in total. The summed E-state index contributed by atoms with van der Waals surface area (Å²) in [6.07, 6.45) is 0.101. The van der Waals surface area contributed by atoms with Gasteiger partial charge in [-0.05, 0) is 68.5 Å². The second-order valence-corrected chi connectivity index (χ2v) is 7.97. The van der Waals surface area contributed by atoms with Gasteiger partial charge in [0.15, 0.2) is 0 Å². The fourth-order valence-corrected chi connectivity index (χ4v) is 3.69. The van der Waals surface area contributed by atoms with Gasteiger partial charge < -0.3 is 20.1 Å². The molecule has 0 radical (unpaired) electrons. The van der Waals surface area contributed by atoms with Crippen molar-refractivity contribution in [1.29, 1.82) is 0 Å². The van der Waals surface area contributed by atoms with Gasteiger partial charge in [0.05, 0.1) is 40.8 Å². The van der Waals surface area contributed by atoms with Crippen molar-refractivity contribution >= 4 is 35.3 Å². The number of aliphatic hydroxyl groups excluding tert-OH is 1. The third kappa shape index (κ3) is 4.77. The van der Waals surface area contributed by atoms with Gasteiger partial charge >= 0.3 is 11.9 Å². The molecular formula is C25H22N4O8. The van der Waals surface area contributed by atoms with Crippen LogP contribution in [0.3, 0.4) is 0 Å². The predicted octanol–water partition coefficient (Wildman–Crippen LogP) is 2.13. The van der Waals surface area contributed by atoms with E-state index in [9.17, 15) is 24.3 Å². The second kappa shape index (κ2) is 9.95. The van der Waals surface area contributed by atoms with Crippen LogP contribution in [-0.4, -0.2) is 61.4 Å². The van der Waals surface area contributed by atoms with E-state index in [0.29, 0.717) is 5.69 Å². The third-order valence-electron chi connectivity index (χ3n) is 5.50. The summed E-state index contributed by atoms with van der Waals surface area (Å²) in [5.41, 5.74) is 0.0352. The number of benzene rings is 2. The molecule has 1 amide bonds. The number of hydrogen-bond donors (Lipinski definition) is 4. The number of anilines is 1. The third-order valence-corrected chi connectivity index (χ3v) is 5.50. The van der Waals surface area contributed by atoms with Crippen LogP contribution >= 0.6 is 0 Å². The molecular weight excluding hydrogens is 484 g/mol. The van der Waals surface area contributed by atoms with Crippen molar-refractivity contribution < 1.29 is 34.4 Å². The first-order valence-corrected chi connectivity index (χ1v) is 11.1. The van der Waals surface area contributed by atoms with Gasteiger partial charge in [0.2, 0.25) is 5.88 Å². The van der Waals surface area contributed by atoms with Crippen LogP contribution in [0.1, 0.15) is 40.1 Å². The molecule has 1 aromatic heterocycles. The molecule has 0 fully saturated rings. The molecule has 4 rings (SSSR count). The lowest BCUT2D eigenvalue weighted by molar-refractivity contribution is -0.114. The Morgan fingerprint density at radius 1 is 1.00 bits per heavy atom. The summed E-state index contributed by atoms with van der Waals surface area (Å²) >= 11 is 0. The first-order chi connectivity index (χ1) is 17.6. The van der Waals surface area contributed by atoms with Crippen molar-refractivity contribution in [3.05, 3.63) is 81.1 Å². The SMILES string of the molecule is CCOc1[nH]n(-c2ccc(C(=O)O)cc2)c(=O)c1C=C1C(=O)N(c2ccc(C(=O)O)cc2)N=C1C(C)O. The Balaban J connectivity index is 1.78.